The van der Waals surface area contributed by atoms with Crippen molar-refractivity contribution >= 4 is 5.97 Å². The summed E-state index contributed by atoms with van der Waals surface area (Å²) in [4.78, 5) is 12.5. The molecule has 196 valence electrons. The van der Waals surface area contributed by atoms with E-state index in [-0.39, 0.29) is 40.3 Å². The van der Waals surface area contributed by atoms with Crippen molar-refractivity contribution in [1.29, 1.82) is 0 Å². The summed E-state index contributed by atoms with van der Waals surface area (Å²) >= 11 is 0. The van der Waals surface area contributed by atoms with E-state index < -0.39 is 18.0 Å². The van der Waals surface area contributed by atoms with Crippen molar-refractivity contribution in [2.24, 2.45) is 39.4 Å². The number of carbonyl (C=O) groups is 1. The molecule has 35 heavy (non-hydrogen) atoms. The zero-order valence-corrected chi connectivity index (χ0v) is 22.5. The number of rotatable bonds is 6. The van der Waals surface area contributed by atoms with Gasteiger partial charge >= 0.3 is 5.97 Å². The lowest BCUT2D eigenvalue weighted by molar-refractivity contribution is -0.148. The van der Waals surface area contributed by atoms with Crippen LogP contribution >= 0.6 is 0 Å². The van der Waals surface area contributed by atoms with Crippen LogP contribution in [0.25, 0.3) is 0 Å². The molecule has 3 unspecified atom stereocenters. The molecule has 0 bridgehead atoms. The van der Waals surface area contributed by atoms with Crippen LogP contribution in [0.15, 0.2) is 34.9 Å². The van der Waals surface area contributed by atoms with Crippen molar-refractivity contribution in [2.45, 2.75) is 98.7 Å². The van der Waals surface area contributed by atoms with Gasteiger partial charge in [-0.3, -0.25) is 4.79 Å². The molecule has 5 nitrogen and oxygen atoms in total. The fraction of sp³-hybridized carbons (Fsp3) is 0.767. The van der Waals surface area contributed by atoms with Gasteiger partial charge in [0.2, 0.25) is 0 Å². The van der Waals surface area contributed by atoms with Crippen molar-refractivity contribution in [3.05, 3.63) is 34.9 Å². The van der Waals surface area contributed by atoms with Crippen LogP contribution in [0, 0.1) is 39.4 Å². The number of aliphatic hydroxyl groups excluding tert-OH is 3. The maximum absolute atomic E-state index is 12.5. The second-order valence-electron chi connectivity index (χ2n) is 13.3. The summed E-state index contributed by atoms with van der Waals surface area (Å²) in [6.07, 6.45) is 10.7. The zero-order valence-electron chi connectivity index (χ0n) is 22.5. The molecule has 4 aliphatic carbocycles. The van der Waals surface area contributed by atoms with Crippen molar-refractivity contribution < 1.29 is 25.2 Å². The number of allylic oxidation sites excluding steroid dienone is 5. The van der Waals surface area contributed by atoms with Gasteiger partial charge in [-0.1, -0.05) is 58.4 Å². The lowest BCUT2D eigenvalue weighted by Crippen LogP contribution is -2.54. The Bertz CT molecular complexity index is 960. The first-order valence-electron chi connectivity index (χ1n) is 13.5. The number of carboxylic acids is 1. The van der Waals surface area contributed by atoms with E-state index in [1.807, 2.05) is 13.0 Å². The summed E-state index contributed by atoms with van der Waals surface area (Å²) in [7, 11) is 0. The van der Waals surface area contributed by atoms with E-state index in [0.29, 0.717) is 25.2 Å². The highest BCUT2D eigenvalue weighted by Crippen LogP contribution is 2.71. The van der Waals surface area contributed by atoms with E-state index in [1.165, 1.54) is 11.1 Å². The Labute approximate surface area is 211 Å². The standard InChI is InChI=1S/C30H46O5/c1-18(17-31)8-7-9-19(26(34)35)25-22(32)16-30(6)21-10-11-23-27(2,3)24(33)13-14-28(23,4)20(21)12-15-29(25,30)5/h8,10,12,19,22-25,31-33H,7,9,11,13-17H2,1-6H3,(H,34,35)/t19-,22?,23?,24?,25+,28-,29-,30+/m1/s1. The van der Waals surface area contributed by atoms with Crippen LogP contribution in [0.4, 0.5) is 0 Å². The van der Waals surface area contributed by atoms with Gasteiger partial charge in [0, 0.05) is 11.3 Å². The maximum Gasteiger partial charge on any atom is 0.306 e. The van der Waals surface area contributed by atoms with Gasteiger partial charge in [0.1, 0.15) is 0 Å². The normalized spacial score (nSPS) is 43.4. The van der Waals surface area contributed by atoms with Gasteiger partial charge in [0.15, 0.2) is 0 Å². The number of aliphatic hydroxyl groups is 3. The fourth-order valence-electron chi connectivity index (χ4n) is 8.85. The molecule has 0 aromatic heterocycles. The Morgan fingerprint density at radius 1 is 1.14 bits per heavy atom. The number of hydrogen-bond donors (Lipinski definition) is 4. The van der Waals surface area contributed by atoms with Crippen LogP contribution in [0.3, 0.4) is 0 Å². The second-order valence-corrected chi connectivity index (χ2v) is 13.3. The molecule has 4 N–H and O–H groups in total. The second kappa shape index (κ2) is 8.85. The average molecular weight is 487 g/mol. The van der Waals surface area contributed by atoms with Gasteiger partial charge < -0.3 is 20.4 Å². The van der Waals surface area contributed by atoms with Gasteiger partial charge in [0.05, 0.1) is 24.7 Å². The summed E-state index contributed by atoms with van der Waals surface area (Å²) in [6, 6.07) is 0. The molecular weight excluding hydrogens is 440 g/mol. The van der Waals surface area contributed by atoms with Crippen LogP contribution in [0.5, 0.6) is 0 Å². The summed E-state index contributed by atoms with van der Waals surface area (Å²) in [5.74, 6) is -1.44. The first-order chi connectivity index (χ1) is 16.2. The smallest absolute Gasteiger partial charge is 0.306 e. The molecule has 2 fully saturated rings. The number of hydrogen-bond acceptors (Lipinski definition) is 4. The van der Waals surface area contributed by atoms with Crippen molar-refractivity contribution in [1.82, 2.24) is 0 Å². The third kappa shape index (κ3) is 3.79. The average Bonchev–Trinajstić information content (AvgIpc) is 2.99. The quantitative estimate of drug-likeness (QED) is 0.384. The van der Waals surface area contributed by atoms with Crippen LogP contribution in [0.1, 0.15) is 86.5 Å². The molecule has 0 amide bonds. The fourth-order valence-corrected chi connectivity index (χ4v) is 8.85. The SMILES string of the molecule is CC(=CCC[C@@H](C(=O)O)[C@H]1C(O)C[C@@]2(C)C3=CCC4C(C)(C)C(O)CC[C@]4(C)C3=CC[C@]12C)CO. The third-order valence-corrected chi connectivity index (χ3v) is 11.2. The van der Waals surface area contributed by atoms with Crippen LogP contribution in [0.2, 0.25) is 0 Å². The molecule has 0 aromatic carbocycles. The van der Waals surface area contributed by atoms with E-state index in [2.05, 4.69) is 46.8 Å². The van der Waals surface area contributed by atoms with Gasteiger partial charge in [0.25, 0.3) is 0 Å². The monoisotopic (exact) mass is 486 g/mol. The summed E-state index contributed by atoms with van der Waals surface area (Å²) < 4.78 is 0. The van der Waals surface area contributed by atoms with Crippen molar-refractivity contribution in [3.8, 4) is 0 Å². The molecule has 5 heteroatoms. The molecule has 0 aliphatic heterocycles. The van der Waals surface area contributed by atoms with Crippen molar-refractivity contribution in [3.63, 3.8) is 0 Å². The Hall–Kier alpha value is -1.43. The van der Waals surface area contributed by atoms with E-state index in [1.54, 1.807) is 0 Å². The number of carboxylic acid groups (broad SMARTS) is 1. The Morgan fingerprint density at radius 3 is 2.46 bits per heavy atom. The van der Waals surface area contributed by atoms with E-state index >= 15 is 0 Å². The Morgan fingerprint density at radius 2 is 1.83 bits per heavy atom. The molecule has 4 aliphatic rings. The maximum atomic E-state index is 12.5. The lowest BCUT2D eigenvalue weighted by Gasteiger charge is -2.61. The molecule has 0 heterocycles. The van der Waals surface area contributed by atoms with Crippen LogP contribution in [-0.4, -0.2) is 45.2 Å². The van der Waals surface area contributed by atoms with Crippen molar-refractivity contribution in [2.75, 3.05) is 6.61 Å². The first-order valence-corrected chi connectivity index (χ1v) is 13.5. The topological polar surface area (TPSA) is 98.0 Å². The number of fused-ring (bicyclic) bond motifs is 5. The third-order valence-electron chi connectivity index (χ3n) is 11.2. The van der Waals surface area contributed by atoms with E-state index in [4.69, 9.17) is 0 Å². The molecule has 4 rings (SSSR count). The predicted octanol–water partition coefficient (Wildman–Crippen LogP) is 5.26. The largest absolute Gasteiger partial charge is 0.481 e. The molecular formula is C30H46O5. The van der Waals surface area contributed by atoms with Crippen LogP contribution < -0.4 is 0 Å². The molecule has 0 radical (unpaired) electrons. The summed E-state index contributed by atoms with van der Waals surface area (Å²) in [5, 5.41) is 41.8. The van der Waals surface area contributed by atoms with E-state index in [0.717, 1.165) is 31.3 Å². The minimum absolute atomic E-state index is 0.0149. The molecule has 2 saturated carbocycles. The summed E-state index contributed by atoms with van der Waals surface area (Å²) in [6.45, 7) is 13.1. The van der Waals surface area contributed by atoms with Crippen LogP contribution in [-0.2, 0) is 4.79 Å². The highest BCUT2D eigenvalue weighted by atomic mass is 16.4. The zero-order chi connectivity index (χ0) is 26.0. The minimum atomic E-state index is -0.836. The Balaban J connectivity index is 1.72. The molecule has 0 saturated heterocycles. The van der Waals surface area contributed by atoms with Gasteiger partial charge in [-0.2, -0.15) is 0 Å². The Kier molecular flexibility index (Phi) is 6.73. The predicted molar refractivity (Wildman–Crippen MR) is 138 cm³/mol. The lowest BCUT2D eigenvalue weighted by atomic mass is 9.44. The minimum Gasteiger partial charge on any atom is -0.481 e. The first kappa shape index (κ1) is 26.6. The van der Waals surface area contributed by atoms with Gasteiger partial charge in [-0.25, -0.2) is 0 Å². The molecule has 0 spiro atoms. The van der Waals surface area contributed by atoms with Gasteiger partial charge in [-0.15, -0.1) is 0 Å². The highest BCUT2D eigenvalue weighted by molar-refractivity contribution is 5.71. The van der Waals surface area contributed by atoms with E-state index in [9.17, 15) is 25.2 Å². The summed E-state index contributed by atoms with van der Waals surface area (Å²) in [5.41, 5.74) is 2.72. The number of aliphatic carboxylic acids is 1. The van der Waals surface area contributed by atoms with Gasteiger partial charge in [-0.05, 0) is 85.2 Å². The molecule has 0 aromatic rings. The molecule has 8 atom stereocenters. The highest BCUT2D eigenvalue weighted by Gasteiger charge is 2.66.